The van der Waals surface area contributed by atoms with Crippen molar-refractivity contribution in [2.45, 2.75) is 25.8 Å². The molecule has 2 aromatic rings. The molecule has 1 saturated heterocycles. The molecule has 0 atom stereocenters. The molecule has 1 fully saturated rings. The van der Waals surface area contributed by atoms with Crippen LogP contribution < -0.4 is 9.80 Å². The van der Waals surface area contributed by atoms with Gasteiger partial charge in [0.15, 0.2) is 0 Å². The summed E-state index contributed by atoms with van der Waals surface area (Å²) in [5.41, 5.74) is 2.60. The number of aromatic nitrogens is 3. The highest BCUT2D eigenvalue weighted by atomic mass is 16.2. The predicted octanol–water partition coefficient (Wildman–Crippen LogP) is 1.74. The minimum absolute atomic E-state index is 0.0374. The average Bonchev–Trinajstić information content (AvgIpc) is 3.21. The smallest absolute Gasteiger partial charge is 0.272 e. The molecule has 7 heteroatoms. The zero-order valence-corrected chi connectivity index (χ0v) is 15.4. The highest BCUT2D eigenvalue weighted by Crippen LogP contribution is 2.29. The van der Waals surface area contributed by atoms with Gasteiger partial charge in [-0.1, -0.05) is 6.07 Å². The van der Waals surface area contributed by atoms with Gasteiger partial charge in [0.1, 0.15) is 11.5 Å². The van der Waals surface area contributed by atoms with Gasteiger partial charge < -0.3 is 14.7 Å². The molecular formula is C19H24N6O. The van der Waals surface area contributed by atoms with Crippen LogP contribution in [-0.4, -0.2) is 59.5 Å². The second-order valence-electron chi connectivity index (χ2n) is 7.05. The third-order valence-electron chi connectivity index (χ3n) is 5.01. The lowest BCUT2D eigenvalue weighted by molar-refractivity contribution is 0.0727. The molecule has 2 aliphatic heterocycles. The number of hydrogen-bond acceptors (Lipinski definition) is 6. The normalized spacial score (nSPS) is 16.5. The van der Waals surface area contributed by atoms with Crippen molar-refractivity contribution in [3.8, 4) is 0 Å². The second kappa shape index (κ2) is 6.90. The minimum atomic E-state index is -0.0374. The Labute approximate surface area is 153 Å². The van der Waals surface area contributed by atoms with Gasteiger partial charge in [0, 0.05) is 51.9 Å². The van der Waals surface area contributed by atoms with Gasteiger partial charge >= 0.3 is 0 Å². The van der Waals surface area contributed by atoms with Gasteiger partial charge in [-0.3, -0.25) is 9.78 Å². The van der Waals surface area contributed by atoms with Crippen LogP contribution in [0.1, 0.15) is 34.6 Å². The summed E-state index contributed by atoms with van der Waals surface area (Å²) in [6.07, 6.45) is 4.80. The number of rotatable bonds is 3. The first-order chi connectivity index (χ1) is 12.6. The summed E-state index contributed by atoms with van der Waals surface area (Å²) < 4.78 is 0. The first-order valence-corrected chi connectivity index (χ1v) is 9.16. The average molecular weight is 352 g/mol. The van der Waals surface area contributed by atoms with E-state index in [1.807, 2.05) is 36.0 Å². The number of nitrogens with zero attached hydrogens (tertiary/aromatic N) is 6. The van der Waals surface area contributed by atoms with Crippen LogP contribution in [0.3, 0.4) is 0 Å². The standard InChI is InChI=1S/C19H24N6O/c1-23(2)17-14-13-25(18(26)16-7-3-4-9-20-16)12-8-15(14)21-19(22-17)24-10-5-6-11-24/h3-4,7,9H,5-6,8,10-13H2,1-2H3. The van der Waals surface area contributed by atoms with E-state index in [9.17, 15) is 4.79 Å². The summed E-state index contributed by atoms with van der Waals surface area (Å²) in [6.45, 7) is 3.23. The third kappa shape index (κ3) is 3.09. The minimum Gasteiger partial charge on any atom is -0.362 e. The van der Waals surface area contributed by atoms with E-state index in [2.05, 4.69) is 9.88 Å². The van der Waals surface area contributed by atoms with Gasteiger partial charge in [0.05, 0.1) is 12.2 Å². The van der Waals surface area contributed by atoms with Crippen LogP contribution >= 0.6 is 0 Å². The Hall–Kier alpha value is -2.70. The van der Waals surface area contributed by atoms with Gasteiger partial charge in [-0.2, -0.15) is 4.98 Å². The van der Waals surface area contributed by atoms with E-state index in [-0.39, 0.29) is 5.91 Å². The summed E-state index contributed by atoms with van der Waals surface area (Å²) >= 11 is 0. The summed E-state index contributed by atoms with van der Waals surface area (Å²) in [6, 6.07) is 5.42. The van der Waals surface area contributed by atoms with Gasteiger partial charge in [0.2, 0.25) is 5.95 Å². The number of carbonyl (C=O) groups excluding carboxylic acids is 1. The molecule has 0 bridgehead atoms. The molecule has 2 aromatic heterocycles. The molecule has 0 spiro atoms. The maximum atomic E-state index is 12.8. The molecule has 0 aliphatic carbocycles. The van der Waals surface area contributed by atoms with Crippen molar-refractivity contribution in [1.82, 2.24) is 19.9 Å². The molecule has 0 radical (unpaired) electrons. The van der Waals surface area contributed by atoms with Crippen molar-refractivity contribution >= 4 is 17.7 Å². The van der Waals surface area contributed by atoms with Crippen molar-refractivity contribution in [1.29, 1.82) is 0 Å². The van der Waals surface area contributed by atoms with Crippen molar-refractivity contribution in [3.63, 3.8) is 0 Å². The van der Waals surface area contributed by atoms with Crippen molar-refractivity contribution in [2.24, 2.45) is 0 Å². The molecule has 7 nitrogen and oxygen atoms in total. The predicted molar refractivity (Wildman–Crippen MR) is 100 cm³/mol. The summed E-state index contributed by atoms with van der Waals surface area (Å²) in [7, 11) is 3.99. The van der Waals surface area contributed by atoms with E-state index >= 15 is 0 Å². The molecule has 1 amide bonds. The fraction of sp³-hybridized carbons (Fsp3) is 0.474. The maximum Gasteiger partial charge on any atom is 0.272 e. The molecular weight excluding hydrogens is 328 g/mol. The lowest BCUT2D eigenvalue weighted by atomic mass is 10.1. The van der Waals surface area contributed by atoms with E-state index in [4.69, 9.17) is 9.97 Å². The quantitative estimate of drug-likeness (QED) is 0.838. The Morgan fingerprint density at radius 2 is 1.92 bits per heavy atom. The molecule has 0 aromatic carbocycles. The van der Waals surface area contributed by atoms with Crippen molar-refractivity contribution < 1.29 is 4.79 Å². The topological polar surface area (TPSA) is 65.5 Å². The largest absolute Gasteiger partial charge is 0.362 e. The second-order valence-corrected chi connectivity index (χ2v) is 7.05. The van der Waals surface area contributed by atoms with Gasteiger partial charge in [0.25, 0.3) is 5.91 Å². The summed E-state index contributed by atoms with van der Waals surface area (Å²) in [5, 5.41) is 0. The third-order valence-corrected chi connectivity index (χ3v) is 5.01. The van der Waals surface area contributed by atoms with Crippen LogP contribution in [0.15, 0.2) is 24.4 Å². The van der Waals surface area contributed by atoms with Crippen LogP contribution in [0.25, 0.3) is 0 Å². The Bertz CT molecular complexity index is 801. The molecule has 0 N–H and O–H groups in total. The molecule has 4 rings (SSSR count). The van der Waals surface area contributed by atoms with Crippen LogP contribution in [0.2, 0.25) is 0 Å². The van der Waals surface area contributed by atoms with Crippen LogP contribution in [0.4, 0.5) is 11.8 Å². The van der Waals surface area contributed by atoms with Gasteiger partial charge in [-0.05, 0) is 25.0 Å². The number of carbonyl (C=O) groups is 1. The van der Waals surface area contributed by atoms with Crippen LogP contribution in [0.5, 0.6) is 0 Å². The number of fused-ring (bicyclic) bond motifs is 1. The molecule has 0 saturated carbocycles. The first-order valence-electron chi connectivity index (χ1n) is 9.16. The highest BCUT2D eigenvalue weighted by molar-refractivity contribution is 5.92. The number of hydrogen-bond donors (Lipinski definition) is 0. The molecule has 4 heterocycles. The Balaban J connectivity index is 1.64. The zero-order valence-electron chi connectivity index (χ0n) is 15.4. The SMILES string of the molecule is CN(C)c1nc(N2CCCC2)nc2c1CN(C(=O)c1ccccn1)CC2. The van der Waals surface area contributed by atoms with E-state index in [0.717, 1.165) is 42.5 Å². The lowest BCUT2D eigenvalue weighted by Crippen LogP contribution is -2.38. The lowest BCUT2D eigenvalue weighted by Gasteiger charge is -2.31. The Kier molecular flexibility index (Phi) is 4.44. The summed E-state index contributed by atoms with van der Waals surface area (Å²) in [5.74, 6) is 1.70. The van der Waals surface area contributed by atoms with Crippen LogP contribution in [0, 0.1) is 0 Å². The van der Waals surface area contributed by atoms with Gasteiger partial charge in [-0.25, -0.2) is 4.98 Å². The Morgan fingerprint density at radius 3 is 2.62 bits per heavy atom. The number of pyridine rings is 1. The number of anilines is 2. The highest BCUT2D eigenvalue weighted by Gasteiger charge is 2.28. The molecule has 0 unspecified atom stereocenters. The monoisotopic (exact) mass is 352 g/mol. The zero-order chi connectivity index (χ0) is 18.1. The van der Waals surface area contributed by atoms with E-state index in [1.54, 1.807) is 12.3 Å². The molecule has 26 heavy (non-hydrogen) atoms. The van der Waals surface area contributed by atoms with E-state index in [1.165, 1.54) is 12.8 Å². The molecule has 136 valence electrons. The van der Waals surface area contributed by atoms with Crippen LogP contribution in [-0.2, 0) is 13.0 Å². The maximum absolute atomic E-state index is 12.8. The van der Waals surface area contributed by atoms with E-state index in [0.29, 0.717) is 18.8 Å². The van der Waals surface area contributed by atoms with Gasteiger partial charge in [-0.15, -0.1) is 0 Å². The first kappa shape index (κ1) is 16.8. The van der Waals surface area contributed by atoms with E-state index < -0.39 is 0 Å². The molecule has 2 aliphatic rings. The number of amides is 1. The Morgan fingerprint density at radius 1 is 1.12 bits per heavy atom. The van der Waals surface area contributed by atoms with Crippen molar-refractivity contribution in [3.05, 3.63) is 41.3 Å². The fourth-order valence-electron chi connectivity index (χ4n) is 3.64. The fourth-order valence-corrected chi connectivity index (χ4v) is 3.64. The van der Waals surface area contributed by atoms with Crippen molar-refractivity contribution in [2.75, 3.05) is 43.5 Å². The summed E-state index contributed by atoms with van der Waals surface area (Å²) in [4.78, 5) is 32.8.